The lowest BCUT2D eigenvalue weighted by molar-refractivity contribution is -0.144. The molecular weight excluding hydrogens is 262 g/mol. The third-order valence-electron chi connectivity index (χ3n) is 3.05. The number of hydrogen-bond acceptors (Lipinski definition) is 2. The summed E-state index contributed by atoms with van der Waals surface area (Å²) >= 11 is 0. The van der Waals surface area contributed by atoms with E-state index in [1.165, 1.54) is 6.07 Å². The zero-order chi connectivity index (χ0) is 14.2. The number of para-hydroxylation sites is 1. The second kappa shape index (κ2) is 4.85. The number of benzene rings is 1. The molecule has 1 heterocycles. The molecule has 0 spiro atoms. The summed E-state index contributed by atoms with van der Waals surface area (Å²) in [4.78, 5) is 0. The highest BCUT2D eigenvalue weighted by Gasteiger charge is 2.49. The van der Waals surface area contributed by atoms with Crippen molar-refractivity contribution in [2.75, 3.05) is 0 Å². The van der Waals surface area contributed by atoms with Gasteiger partial charge in [0, 0.05) is 17.4 Å². The van der Waals surface area contributed by atoms with Crippen molar-refractivity contribution in [1.29, 1.82) is 0 Å². The van der Waals surface area contributed by atoms with Gasteiger partial charge in [-0.15, -0.1) is 0 Å². The number of rotatable bonds is 4. The maximum Gasteiger partial charge on any atom is 0.326 e. The van der Waals surface area contributed by atoms with E-state index in [1.54, 1.807) is 25.1 Å². The van der Waals surface area contributed by atoms with E-state index in [0.29, 0.717) is 17.4 Å². The van der Waals surface area contributed by atoms with Crippen LogP contribution in [0.5, 0.6) is 0 Å². The Hall–Kier alpha value is -1.56. The molecule has 0 bridgehead atoms. The van der Waals surface area contributed by atoms with Crippen molar-refractivity contribution in [2.45, 2.75) is 31.7 Å². The number of nitrogens with two attached hydrogens (primary N) is 1. The molecule has 0 aliphatic rings. The van der Waals surface area contributed by atoms with Crippen LogP contribution in [0.15, 0.2) is 28.7 Å². The Balaban J connectivity index is 2.61. The molecule has 0 radical (unpaired) electrons. The first-order valence-electron chi connectivity index (χ1n) is 5.81. The predicted octanol–water partition coefficient (Wildman–Crippen LogP) is 3.90. The number of aryl methyl sites for hydroxylation is 1. The van der Waals surface area contributed by atoms with Crippen molar-refractivity contribution in [3.63, 3.8) is 0 Å². The lowest BCUT2D eigenvalue weighted by Gasteiger charge is -2.22. The maximum atomic E-state index is 13.4. The lowest BCUT2D eigenvalue weighted by Crippen LogP contribution is -2.39. The molecule has 1 atom stereocenters. The van der Waals surface area contributed by atoms with E-state index in [4.69, 9.17) is 10.2 Å². The summed E-state index contributed by atoms with van der Waals surface area (Å²) in [5.41, 5.74) is 5.70. The number of fused-ring (bicyclic) bond motifs is 1. The van der Waals surface area contributed by atoms with Crippen LogP contribution in [0.1, 0.15) is 24.3 Å². The van der Waals surface area contributed by atoms with Gasteiger partial charge in [0.15, 0.2) is 0 Å². The molecule has 0 amide bonds. The minimum absolute atomic E-state index is 0.0385. The quantitative estimate of drug-likeness (QED) is 0.860. The number of hydrogen-bond donors (Lipinski definition) is 1. The van der Waals surface area contributed by atoms with E-state index in [-0.39, 0.29) is 11.3 Å². The summed E-state index contributed by atoms with van der Waals surface area (Å²) in [5, 5.41) is 0.354. The van der Waals surface area contributed by atoms with Gasteiger partial charge in [-0.1, -0.05) is 25.1 Å². The first-order valence-corrected chi connectivity index (χ1v) is 5.81. The first kappa shape index (κ1) is 13.9. The molecule has 0 aliphatic heterocycles. The molecule has 0 saturated carbocycles. The smallest absolute Gasteiger partial charge is 0.326 e. The fourth-order valence-corrected chi connectivity index (χ4v) is 2.05. The Labute approximate surface area is 107 Å². The molecule has 2 rings (SSSR count). The van der Waals surface area contributed by atoms with Gasteiger partial charge in [-0.3, -0.25) is 0 Å². The van der Waals surface area contributed by atoms with Gasteiger partial charge in [0.05, 0.1) is 0 Å². The molecular formula is C13H13F4NO. The molecule has 1 unspecified atom stereocenters. The topological polar surface area (TPSA) is 39.2 Å². The van der Waals surface area contributed by atoms with Crippen LogP contribution in [0.3, 0.4) is 0 Å². The SMILES string of the molecule is CCc1oc2ccccc2c1C(N)C(F)(F)C(F)F. The van der Waals surface area contributed by atoms with Crippen LogP contribution >= 0.6 is 0 Å². The maximum absolute atomic E-state index is 13.4. The Bertz CT molecular complexity index is 579. The van der Waals surface area contributed by atoms with Crippen molar-refractivity contribution in [3.05, 3.63) is 35.6 Å². The van der Waals surface area contributed by atoms with Crippen molar-refractivity contribution in [3.8, 4) is 0 Å². The van der Waals surface area contributed by atoms with Crippen LogP contribution in [0, 0.1) is 0 Å². The van der Waals surface area contributed by atoms with E-state index in [1.807, 2.05) is 0 Å². The van der Waals surface area contributed by atoms with Gasteiger partial charge in [-0.05, 0) is 6.07 Å². The summed E-state index contributed by atoms with van der Waals surface area (Å²) in [6, 6.07) is 4.32. The molecule has 2 nitrogen and oxygen atoms in total. The second-order valence-corrected chi connectivity index (χ2v) is 4.24. The van der Waals surface area contributed by atoms with E-state index in [9.17, 15) is 17.6 Å². The highest BCUT2D eigenvalue weighted by Crippen LogP contribution is 2.40. The van der Waals surface area contributed by atoms with Gasteiger partial charge in [-0.2, -0.15) is 8.78 Å². The third kappa shape index (κ3) is 2.20. The third-order valence-corrected chi connectivity index (χ3v) is 3.05. The summed E-state index contributed by atoms with van der Waals surface area (Å²) in [6.07, 6.45) is -3.52. The highest BCUT2D eigenvalue weighted by molar-refractivity contribution is 5.83. The zero-order valence-electron chi connectivity index (χ0n) is 10.2. The summed E-state index contributed by atoms with van der Waals surface area (Å²) in [6.45, 7) is 1.69. The van der Waals surface area contributed by atoms with Gasteiger partial charge in [0.1, 0.15) is 17.4 Å². The Morgan fingerprint density at radius 2 is 1.89 bits per heavy atom. The summed E-state index contributed by atoms with van der Waals surface area (Å²) in [7, 11) is 0. The van der Waals surface area contributed by atoms with Gasteiger partial charge >= 0.3 is 12.3 Å². The molecule has 1 aromatic carbocycles. The Morgan fingerprint density at radius 1 is 1.26 bits per heavy atom. The number of furan rings is 1. The standard InChI is InChI=1S/C13H13F4NO/c1-2-8-10(11(18)13(16,17)12(14)15)7-5-3-4-6-9(7)19-8/h3-6,11-12H,2,18H2,1H3. The molecule has 0 aliphatic carbocycles. The lowest BCUT2D eigenvalue weighted by atomic mass is 9.97. The minimum atomic E-state index is -4.30. The van der Waals surface area contributed by atoms with Gasteiger partial charge < -0.3 is 10.2 Å². The fraction of sp³-hybridized carbons (Fsp3) is 0.385. The molecule has 1 aromatic heterocycles. The second-order valence-electron chi connectivity index (χ2n) is 4.24. The molecule has 19 heavy (non-hydrogen) atoms. The molecule has 104 valence electrons. The van der Waals surface area contributed by atoms with Crippen molar-refractivity contribution < 1.29 is 22.0 Å². The van der Waals surface area contributed by atoms with Crippen LogP contribution in [-0.4, -0.2) is 12.3 Å². The molecule has 2 aromatic rings. The summed E-state index contributed by atoms with van der Waals surface area (Å²) < 4.78 is 57.1. The summed E-state index contributed by atoms with van der Waals surface area (Å²) in [5.74, 6) is -4.08. The number of halogens is 4. The number of alkyl halides is 4. The van der Waals surface area contributed by atoms with Crippen molar-refractivity contribution >= 4 is 11.0 Å². The average molecular weight is 275 g/mol. The van der Waals surface area contributed by atoms with Crippen LogP contribution in [0.2, 0.25) is 0 Å². The Kier molecular flexibility index (Phi) is 3.54. The zero-order valence-corrected chi connectivity index (χ0v) is 10.2. The largest absolute Gasteiger partial charge is 0.461 e. The average Bonchev–Trinajstić information content (AvgIpc) is 2.75. The molecule has 0 saturated heterocycles. The van der Waals surface area contributed by atoms with Crippen molar-refractivity contribution in [1.82, 2.24) is 0 Å². The minimum Gasteiger partial charge on any atom is -0.461 e. The van der Waals surface area contributed by atoms with E-state index in [2.05, 4.69) is 0 Å². The molecule has 2 N–H and O–H groups in total. The highest BCUT2D eigenvalue weighted by atomic mass is 19.3. The first-order chi connectivity index (χ1) is 8.89. The van der Waals surface area contributed by atoms with Crippen LogP contribution < -0.4 is 5.73 Å². The predicted molar refractivity (Wildman–Crippen MR) is 63.5 cm³/mol. The van der Waals surface area contributed by atoms with Gasteiger partial charge in [-0.25, -0.2) is 8.78 Å². The van der Waals surface area contributed by atoms with E-state index >= 15 is 0 Å². The van der Waals surface area contributed by atoms with Crippen LogP contribution in [0.4, 0.5) is 17.6 Å². The van der Waals surface area contributed by atoms with E-state index in [0.717, 1.165) is 0 Å². The molecule has 0 fully saturated rings. The van der Waals surface area contributed by atoms with Gasteiger partial charge in [0.25, 0.3) is 0 Å². The molecule has 6 heteroatoms. The van der Waals surface area contributed by atoms with Crippen LogP contribution in [-0.2, 0) is 6.42 Å². The Morgan fingerprint density at radius 3 is 2.47 bits per heavy atom. The fourth-order valence-electron chi connectivity index (χ4n) is 2.05. The monoisotopic (exact) mass is 275 g/mol. The van der Waals surface area contributed by atoms with E-state index < -0.39 is 18.4 Å². The van der Waals surface area contributed by atoms with Crippen LogP contribution in [0.25, 0.3) is 11.0 Å². The van der Waals surface area contributed by atoms with Gasteiger partial charge in [0.2, 0.25) is 0 Å². The van der Waals surface area contributed by atoms with Crippen molar-refractivity contribution in [2.24, 2.45) is 5.73 Å². The normalized spacial score (nSPS) is 14.3.